The molecular weight excluding hydrogens is 582 g/mol. The van der Waals surface area contributed by atoms with Crippen molar-refractivity contribution < 1.29 is 76.1 Å². The topological polar surface area (TPSA) is 199 Å². The van der Waals surface area contributed by atoms with E-state index in [-0.39, 0.29) is 6.61 Å². The minimum Gasteiger partial charge on any atom is -0.463 e. The summed E-state index contributed by atoms with van der Waals surface area (Å²) >= 11 is 0. The lowest BCUT2D eigenvalue weighted by molar-refractivity contribution is -0.391. The molecule has 0 aliphatic carbocycles. The zero-order valence-electron chi connectivity index (χ0n) is 25.2. The molecule has 10 atom stereocenters. The molecule has 0 aromatic heterocycles. The van der Waals surface area contributed by atoms with Gasteiger partial charge in [-0.1, -0.05) is 0 Å². The molecule has 0 unspecified atom stereocenters. The molecule has 244 valence electrons. The Morgan fingerprint density at radius 1 is 0.791 bits per heavy atom. The molecule has 0 saturated carbocycles. The van der Waals surface area contributed by atoms with Crippen LogP contribution in [0.2, 0.25) is 0 Å². The van der Waals surface area contributed by atoms with Gasteiger partial charge in [-0.2, -0.15) is 0 Å². The summed E-state index contributed by atoms with van der Waals surface area (Å²) in [5.74, 6) is -4.19. The summed E-state index contributed by atoms with van der Waals surface area (Å²) in [6.45, 7) is 7.40. The van der Waals surface area contributed by atoms with Crippen molar-refractivity contribution in [3.8, 4) is 0 Å². The van der Waals surface area contributed by atoms with Crippen molar-refractivity contribution in [3.05, 3.63) is 0 Å². The number of nitrogens with one attached hydrogen (secondary N) is 1. The van der Waals surface area contributed by atoms with Crippen LogP contribution in [0.1, 0.15) is 41.5 Å². The van der Waals surface area contributed by atoms with Crippen LogP contribution in [0.5, 0.6) is 0 Å². The van der Waals surface area contributed by atoms with Crippen LogP contribution in [0.15, 0.2) is 0 Å². The normalized spacial score (nSPS) is 35.0. The third-order valence-electron chi connectivity index (χ3n) is 6.60. The number of hydrogen-bond acceptors (Lipinski definition) is 16. The van der Waals surface area contributed by atoms with Gasteiger partial charge in [-0.05, 0) is 13.8 Å². The van der Waals surface area contributed by atoms with E-state index in [0.717, 1.165) is 34.8 Å². The van der Waals surface area contributed by atoms with Crippen LogP contribution < -0.4 is 5.32 Å². The van der Waals surface area contributed by atoms with Gasteiger partial charge in [0.25, 0.3) is 0 Å². The van der Waals surface area contributed by atoms with Gasteiger partial charge in [0.1, 0.15) is 37.1 Å². The fourth-order valence-electron chi connectivity index (χ4n) is 4.99. The number of amides is 1. The number of esters is 4. The number of carbonyl (C=O) groups excluding carboxylic acids is 5. The average molecular weight is 622 g/mol. The van der Waals surface area contributed by atoms with Gasteiger partial charge in [0.15, 0.2) is 36.7 Å². The molecule has 1 N–H and O–H groups in total. The lowest BCUT2D eigenvalue weighted by Crippen LogP contribution is -2.71. The van der Waals surface area contributed by atoms with E-state index in [1.807, 2.05) is 0 Å². The molecule has 3 heterocycles. The number of ether oxygens (including phenoxy) is 11. The van der Waals surface area contributed by atoms with Crippen LogP contribution in [0, 0.1) is 0 Å². The third kappa shape index (κ3) is 8.96. The summed E-state index contributed by atoms with van der Waals surface area (Å²) in [6.07, 6.45) is -12.0. The largest absolute Gasteiger partial charge is 0.463 e. The Morgan fingerprint density at radius 2 is 1.40 bits per heavy atom. The molecule has 0 bridgehead atoms. The maximum atomic E-state index is 12.4. The molecule has 3 fully saturated rings. The minimum absolute atomic E-state index is 0.0565. The first kappa shape index (κ1) is 34.4. The highest BCUT2D eigenvalue weighted by atomic mass is 16.8. The first-order valence-electron chi connectivity index (χ1n) is 13.5. The van der Waals surface area contributed by atoms with Gasteiger partial charge < -0.3 is 57.4 Å². The van der Waals surface area contributed by atoms with Crippen LogP contribution in [0.4, 0.5) is 4.79 Å². The molecule has 43 heavy (non-hydrogen) atoms. The van der Waals surface area contributed by atoms with Crippen molar-refractivity contribution in [1.29, 1.82) is 0 Å². The lowest BCUT2D eigenvalue weighted by atomic mass is 9.94. The first-order valence-corrected chi connectivity index (χ1v) is 13.5. The Morgan fingerprint density at radius 3 is 1.95 bits per heavy atom. The summed E-state index contributed by atoms with van der Waals surface area (Å²) < 4.78 is 62.2. The summed E-state index contributed by atoms with van der Waals surface area (Å²) in [5.41, 5.74) is 0. The van der Waals surface area contributed by atoms with Crippen molar-refractivity contribution in [1.82, 2.24) is 5.32 Å². The van der Waals surface area contributed by atoms with Crippen LogP contribution in [-0.2, 0) is 71.3 Å². The highest BCUT2D eigenvalue weighted by Crippen LogP contribution is 2.37. The Hall–Kier alpha value is -3.09. The minimum atomic E-state index is -1.57. The van der Waals surface area contributed by atoms with Gasteiger partial charge in [-0.3, -0.25) is 19.2 Å². The second kappa shape index (κ2) is 14.6. The smallest absolute Gasteiger partial charge is 0.407 e. The van der Waals surface area contributed by atoms with E-state index < -0.39 is 104 Å². The maximum absolute atomic E-state index is 12.4. The fraction of sp³-hybridized carbons (Fsp3) is 0.808. The number of hydrogen-bond donors (Lipinski definition) is 1. The molecule has 0 spiro atoms. The van der Waals surface area contributed by atoms with E-state index in [1.54, 1.807) is 13.8 Å². The molecular formula is C26H39NO16. The zero-order valence-corrected chi connectivity index (χ0v) is 25.2. The predicted octanol–water partition coefficient (Wildman–Crippen LogP) is -0.298. The highest BCUT2D eigenvalue weighted by molar-refractivity contribution is 5.69. The monoisotopic (exact) mass is 621 g/mol. The van der Waals surface area contributed by atoms with Crippen LogP contribution in [0.25, 0.3) is 0 Å². The Balaban J connectivity index is 2.09. The van der Waals surface area contributed by atoms with Gasteiger partial charge in [0.05, 0.1) is 13.7 Å². The van der Waals surface area contributed by atoms with E-state index in [1.165, 1.54) is 7.11 Å². The Kier molecular flexibility index (Phi) is 11.7. The molecule has 1 amide bonds. The SMILES string of the molecule is COC(=O)N[C@H]1[C@H](OC)O[C@@H]2COC(C)(C)O[C@H]2[C@@H]1O[C@@H]1O[C@H](COC(C)=O)[C@@H](OC(C)=O)[C@H](OC(C)=O)[C@H]1OC(C)=O. The second-order valence-electron chi connectivity index (χ2n) is 10.4. The highest BCUT2D eigenvalue weighted by Gasteiger charge is 2.58. The number of fused-ring (bicyclic) bond motifs is 1. The number of carbonyl (C=O) groups is 5. The second-order valence-corrected chi connectivity index (χ2v) is 10.4. The van der Waals surface area contributed by atoms with E-state index in [2.05, 4.69) is 5.32 Å². The van der Waals surface area contributed by atoms with Gasteiger partial charge in [-0.15, -0.1) is 0 Å². The van der Waals surface area contributed by atoms with E-state index in [4.69, 9.17) is 52.1 Å². The number of alkyl carbamates (subject to hydrolysis) is 1. The molecule has 3 saturated heterocycles. The number of rotatable bonds is 9. The molecule has 0 aromatic carbocycles. The van der Waals surface area contributed by atoms with Crippen LogP contribution in [0.3, 0.4) is 0 Å². The Labute approximate surface area is 247 Å². The van der Waals surface area contributed by atoms with Crippen molar-refractivity contribution in [2.24, 2.45) is 0 Å². The van der Waals surface area contributed by atoms with Crippen molar-refractivity contribution in [3.63, 3.8) is 0 Å². The molecule has 17 nitrogen and oxygen atoms in total. The fourth-order valence-corrected chi connectivity index (χ4v) is 4.99. The van der Waals surface area contributed by atoms with Crippen LogP contribution in [-0.4, -0.2) is 125 Å². The predicted molar refractivity (Wildman–Crippen MR) is 137 cm³/mol. The van der Waals surface area contributed by atoms with Gasteiger partial charge in [0, 0.05) is 34.8 Å². The lowest BCUT2D eigenvalue weighted by Gasteiger charge is -2.52. The maximum Gasteiger partial charge on any atom is 0.407 e. The molecule has 3 aliphatic rings. The molecule has 3 aliphatic heterocycles. The first-order chi connectivity index (χ1) is 20.1. The standard InChI is InChI=1S/C26H39NO16/c1-11(28)35-9-15-18(37-12(2)29)21(38-13(3)30)22(39-14(4)31)24(41-15)42-20-17(27-25(32)34-8)23(33-7)40-16-10-36-26(5,6)43-19(16)20/h15-24H,9-10H2,1-8H3,(H,27,32)/t15-,16-,17-,18-,19-,20-,21+,22-,23-,24+/m1/s1. The van der Waals surface area contributed by atoms with Gasteiger partial charge in [0.2, 0.25) is 0 Å². The zero-order chi connectivity index (χ0) is 32.1. The van der Waals surface area contributed by atoms with E-state index in [0.29, 0.717) is 0 Å². The summed E-state index contributed by atoms with van der Waals surface area (Å²) in [6, 6.07) is -1.10. The van der Waals surface area contributed by atoms with Crippen LogP contribution >= 0.6 is 0 Å². The molecule has 0 aromatic rings. The van der Waals surface area contributed by atoms with Crippen molar-refractivity contribution in [2.75, 3.05) is 27.4 Å². The molecule has 3 rings (SSSR count). The molecule has 17 heteroatoms. The van der Waals surface area contributed by atoms with Gasteiger partial charge >= 0.3 is 30.0 Å². The molecule has 0 radical (unpaired) electrons. The third-order valence-corrected chi connectivity index (χ3v) is 6.60. The van der Waals surface area contributed by atoms with E-state index >= 15 is 0 Å². The average Bonchev–Trinajstić information content (AvgIpc) is 2.90. The Bertz CT molecular complexity index is 1030. The van der Waals surface area contributed by atoms with Crippen molar-refractivity contribution in [2.45, 2.75) is 109 Å². The van der Waals surface area contributed by atoms with Gasteiger partial charge in [-0.25, -0.2) is 4.79 Å². The van der Waals surface area contributed by atoms with Crippen molar-refractivity contribution >= 4 is 30.0 Å². The summed E-state index contributed by atoms with van der Waals surface area (Å²) in [7, 11) is 2.50. The van der Waals surface area contributed by atoms with E-state index in [9.17, 15) is 24.0 Å². The summed E-state index contributed by atoms with van der Waals surface area (Å²) in [5, 5.41) is 2.61. The quantitative estimate of drug-likeness (QED) is 0.260. The summed E-state index contributed by atoms with van der Waals surface area (Å²) in [4.78, 5) is 60.5. The number of methoxy groups -OCH3 is 2.